The number of benzene rings is 2. The van der Waals surface area contributed by atoms with Gasteiger partial charge >= 0.3 is 0 Å². The average Bonchev–Trinajstić information content (AvgIpc) is 3.45. The van der Waals surface area contributed by atoms with Crippen LogP contribution in [0.5, 0.6) is 5.75 Å². The molecule has 1 aliphatic rings. The van der Waals surface area contributed by atoms with Crippen molar-refractivity contribution >= 4 is 23.0 Å². The second-order valence-corrected chi connectivity index (χ2v) is 7.77. The number of anilines is 1. The largest absolute Gasteiger partial charge is 0.497 e. The SMILES string of the molecule is COc1cccc(N2C(=S)N[C@@H](c3ccccn3)[C@@H]2c2ccn(-c3ccccc3)c2)c1. The van der Waals surface area contributed by atoms with Gasteiger partial charge in [-0.2, -0.15) is 0 Å². The Kier molecular flexibility index (Phi) is 5.14. The highest BCUT2D eigenvalue weighted by atomic mass is 32.1. The van der Waals surface area contributed by atoms with Crippen molar-refractivity contribution in [2.24, 2.45) is 0 Å². The minimum absolute atomic E-state index is 0.0560. The summed E-state index contributed by atoms with van der Waals surface area (Å²) in [7, 11) is 1.67. The van der Waals surface area contributed by atoms with Crippen LogP contribution in [0.15, 0.2) is 97.5 Å². The number of para-hydroxylation sites is 1. The summed E-state index contributed by atoms with van der Waals surface area (Å²) in [5, 5.41) is 4.17. The molecule has 0 saturated carbocycles. The molecule has 0 bridgehead atoms. The number of rotatable bonds is 5. The summed E-state index contributed by atoms with van der Waals surface area (Å²) in [6, 6.07) is 26.3. The van der Waals surface area contributed by atoms with E-state index >= 15 is 0 Å². The second kappa shape index (κ2) is 8.24. The van der Waals surface area contributed by atoms with E-state index in [2.05, 4.69) is 56.4 Å². The first kappa shape index (κ1) is 19.3. The van der Waals surface area contributed by atoms with Gasteiger partial charge in [0.05, 0.1) is 24.9 Å². The minimum atomic E-state index is -0.0773. The Labute approximate surface area is 186 Å². The lowest BCUT2D eigenvalue weighted by Gasteiger charge is -2.27. The van der Waals surface area contributed by atoms with E-state index in [1.54, 1.807) is 7.11 Å². The molecule has 2 atom stereocenters. The van der Waals surface area contributed by atoms with Crippen molar-refractivity contribution in [3.8, 4) is 11.4 Å². The molecule has 6 heteroatoms. The maximum atomic E-state index is 5.80. The molecule has 0 radical (unpaired) electrons. The zero-order valence-corrected chi connectivity index (χ0v) is 17.9. The van der Waals surface area contributed by atoms with Gasteiger partial charge in [-0.05, 0) is 60.2 Å². The molecule has 1 aliphatic heterocycles. The van der Waals surface area contributed by atoms with Gasteiger partial charge in [-0.3, -0.25) is 4.98 Å². The van der Waals surface area contributed by atoms with Gasteiger partial charge in [-0.15, -0.1) is 0 Å². The van der Waals surface area contributed by atoms with E-state index in [0.717, 1.165) is 28.4 Å². The van der Waals surface area contributed by atoms with Crippen LogP contribution in [0, 0.1) is 0 Å². The summed E-state index contributed by atoms with van der Waals surface area (Å²) in [6.07, 6.45) is 6.07. The Bertz CT molecular complexity index is 1190. The molecule has 0 aliphatic carbocycles. The summed E-state index contributed by atoms with van der Waals surface area (Å²) < 4.78 is 7.59. The number of nitrogens with one attached hydrogen (secondary N) is 1. The third-order valence-electron chi connectivity index (χ3n) is 5.54. The number of methoxy groups -OCH3 is 1. The van der Waals surface area contributed by atoms with Gasteiger partial charge in [0.1, 0.15) is 5.75 Å². The van der Waals surface area contributed by atoms with Crippen molar-refractivity contribution in [1.82, 2.24) is 14.9 Å². The number of nitrogens with zero attached hydrogens (tertiary/aromatic N) is 3. The number of hydrogen-bond acceptors (Lipinski definition) is 3. The third kappa shape index (κ3) is 3.66. The molecule has 1 fully saturated rings. The van der Waals surface area contributed by atoms with E-state index in [1.807, 2.05) is 60.8 Å². The molecule has 5 rings (SSSR count). The van der Waals surface area contributed by atoms with Crippen LogP contribution in [0.25, 0.3) is 5.69 Å². The van der Waals surface area contributed by atoms with Crippen LogP contribution in [-0.2, 0) is 0 Å². The summed E-state index contributed by atoms with van der Waals surface area (Å²) in [4.78, 5) is 6.77. The molecule has 2 aromatic carbocycles. The van der Waals surface area contributed by atoms with Crippen LogP contribution in [0.4, 0.5) is 5.69 Å². The quantitative estimate of drug-likeness (QED) is 0.452. The average molecular weight is 427 g/mol. The molecule has 154 valence electrons. The number of hydrogen-bond donors (Lipinski definition) is 1. The number of thiocarbonyl (C=S) groups is 1. The fourth-order valence-corrected chi connectivity index (χ4v) is 4.43. The zero-order chi connectivity index (χ0) is 21.2. The highest BCUT2D eigenvalue weighted by Gasteiger charge is 2.41. The Balaban J connectivity index is 1.61. The van der Waals surface area contributed by atoms with E-state index < -0.39 is 0 Å². The van der Waals surface area contributed by atoms with Crippen LogP contribution < -0.4 is 15.0 Å². The molecule has 0 spiro atoms. The second-order valence-electron chi connectivity index (χ2n) is 7.39. The van der Waals surface area contributed by atoms with Gasteiger partial charge in [0.25, 0.3) is 0 Å². The van der Waals surface area contributed by atoms with Gasteiger partial charge < -0.3 is 19.5 Å². The maximum absolute atomic E-state index is 5.80. The molecule has 4 aromatic rings. The molecule has 0 amide bonds. The molecule has 1 N–H and O–H groups in total. The molecule has 5 nitrogen and oxygen atoms in total. The Hall–Kier alpha value is -3.64. The van der Waals surface area contributed by atoms with Crippen molar-refractivity contribution < 1.29 is 4.74 Å². The van der Waals surface area contributed by atoms with E-state index in [0.29, 0.717) is 5.11 Å². The lowest BCUT2D eigenvalue weighted by atomic mass is 9.98. The lowest BCUT2D eigenvalue weighted by molar-refractivity contribution is 0.415. The predicted octanol–water partition coefficient (Wildman–Crippen LogP) is 5.06. The normalized spacial score (nSPS) is 18.1. The lowest BCUT2D eigenvalue weighted by Crippen LogP contribution is -2.29. The Morgan fingerprint density at radius 2 is 1.74 bits per heavy atom. The van der Waals surface area contributed by atoms with Crippen LogP contribution in [-0.4, -0.2) is 21.8 Å². The first-order chi connectivity index (χ1) is 15.2. The smallest absolute Gasteiger partial charge is 0.174 e. The third-order valence-corrected chi connectivity index (χ3v) is 5.86. The number of pyridine rings is 1. The monoisotopic (exact) mass is 426 g/mol. The molecular weight excluding hydrogens is 404 g/mol. The van der Waals surface area contributed by atoms with E-state index in [4.69, 9.17) is 17.0 Å². The summed E-state index contributed by atoms with van der Waals surface area (Å²) in [5.41, 5.74) is 4.19. The fraction of sp³-hybridized carbons (Fsp3) is 0.120. The van der Waals surface area contributed by atoms with Crippen LogP contribution >= 0.6 is 12.2 Å². The Morgan fingerprint density at radius 3 is 2.52 bits per heavy atom. The first-order valence-corrected chi connectivity index (χ1v) is 10.5. The molecule has 3 heterocycles. The molecule has 31 heavy (non-hydrogen) atoms. The van der Waals surface area contributed by atoms with E-state index in [-0.39, 0.29) is 12.1 Å². The highest BCUT2D eigenvalue weighted by Crippen LogP contribution is 2.42. The van der Waals surface area contributed by atoms with Crippen LogP contribution in [0.3, 0.4) is 0 Å². The topological polar surface area (TPSA) is 42.3 Å². The van der Waals surface area contributed by atoms with Crippen molar-refractivity contribution in [2.75, 3.05) is 12.0 Å². The molecule has 0 unspecified atom stereocenters. The van der Waals surface area contributed by atoms with Crippen molar-refractivity contribution in [3.63, 3.8) is 0 Å². The van der Waals surface area contributed by atoms with Crippen molar-refractivity contribution in [3.05, 3.63) is 109 Å². The summed E-state index contributed by atoms with van der Waals surface area (Å²) in [6.45, 7) is 0. The van der Waals surface area contributed by atoms with Gasteiger partial charge in [0.2, 0.25) is 0 Å². The zero-order valence-electron chi connectivity index (χ0n) is 17.1. The molecule has 2 aromatic heterocycles. The minimum Gasteiger partial charge on any atom is -0.497 e. The van der Waals surface area contributed by atoms with Gasteiger partial charge in [-0.25, -0.2) is 0 Å². The van der Waals surface area contributed by atoms with Gasteiger partial charge in [0.15, 0.2) is 5.11 Å². The molecule has 1 saturated heterocycles. The first-order valence-electron chi connectivity index (χ1n) is 10.1. The van der Waals surface area contributed by atoms with Crippen LogP contribution in [0.2, 0.25) is 0 Å². The van der Waals surface area contributed by atoms with Crippen molar-refractivity contribution in [2.45, 2.75) is 12.1 Å². The predicted molar refractivity (Wildman–Crippen MR) is 127 cm³/mol. The van der Waals surface area contributed by atoms with Gasteiger partial charge in [-0.1, -0.05) is 30.3 Å². The van der Waals surface area contributed by atoms with E-state index in [1.165, 1.54) is 0 Å². The van der Waals surface area contributed by atoms with Gasteiger partial charge in [0, 0.05) is 36.0 Å². The van der Waals surface area contributed by atoms with E-state index in [9.17, 15) is 0 Å². The Morgan fingerprint density at radius 1 is 0.935 bits per heavy atom. The summed E-state index contributed by atoms with van der Waals surface area (Å²) >= 11 is 5.80. The fourth-order valence-electron chi connectivity index (χ4n) is 4.08. The number of aromatic nitrogens is 2. The summed E-state index contributed by atoms with van der Waals surface area (Å²) in [5.74, 6) is 0.794. The van der Waals surface area contributed by atoms with Crippen LogP contribution in [0.1, 0.15) is 23.3 Å². The maximum Gasteiger partial charge on any atom is 0.174 e. The highest BCUT2D eigenvalue weighted by molar-refractivity contribution is 7.80. The standard InChI is InChI=1S/C25H22N4OS/c1-30-21-11-7-10-20(16-21)29-24(23(27-25(29)31)22-12-5-6-14-26-22)18-13-15-28(17-18)19-8-3-2-4-9-19/h2-17,23-24H,1H3,(H,27,31)/t23-,24-/m0/s1. The molecular formula is C25H22N4OS. The van der Waals surface area contributed by atoms with Crippen molar-refractivity contribution in [1.29, 1.82) is 0 Å². The number of ether oxygens (including phenoxy) is 1.